The van der Waals surface area contributed by atoms with Crippen LogP contribution in [0.3, 0.4) is 0 Å². The van der Waals surface area contributed by atoms with Gasteiger partial charge in [0, 0.05) is 31.1 Å². The molecule has 0 saturated carbocycles. The number of carbonyl (C=O) groups is 1. The molecule has 1 aliphatic heterocycles. The maximum absolute atomic E-state index is 12.7. The minimum absolute atomic E-state index is 0.0808. The maximum Gasteiger partial charge on any atom is 0.289 e. The summed E-state index contributed by atoms with van der Waals surface area (Å²) in [4.78, 5) is 18.6. The van der Waals surface area contributed by atoms with E-state index >= 15 is 0 Å². The first-order chi connectivity index (χ1) is 12.1. The van der Waals surface area contributed by atoms with E-state index < -0.39 is 0 Å². The maximum atomic E-state index is 12.7. The Kier molecular flexibility index (Phi) is 5.22. The number of benzene rings is 1. The van der Waals surface area contributed by atoms with Gasteiger partial charge in [0.15, 0.2) is 5.76 Å². The number of aliphatic hydroxyl groups excluding tert-OH is 1. The zero-order valence-corrected chi connectivity index (χ0v) is 14.8. The minimum atomic E-state index is -0.255. The Morgan fingerprint density at radius 3 is 2.64 bits per heavy atom. The molecule has 0 fully saturated rings. The first kappa shape index (κ1) is 17.3. The number of imidazole rings is 1. The van der Waals surface area contributed by atoms with E-state index in [1.165, 1.54) is 0 Å². The van der Waals surface area contributed by atoms with Crippen molar-refractivity contribution in [2.75, 3.05) is 6.54 Å². The van der Waals surface area contributed by atoms with Gasteiger partial charge in [0.1, 0.15) is 0 Å². The van der Waals surface area contributed by atoms with Crippen molar-refractivity contribution in [3.8, 4) is 0 Å². The van der Waals surface area contributed by atoms with Crippen LogP contribution in [0.1, 0.15) is 32.3 Å². The molecule has 0 aliphatic carbocycles. The van der Waals surface area contributed by atoms with Gasteiger partial charge in [-0.05, 0) is 17.9 Å². The summed E-state index contributed by atoms with van der Waals surface area (Å²) in [5, 5.41) is 10.6. The molecule has 3 rings (SSSR count). The molecule has 1 N–H and O–H groups in total. The molecule has 2 unspecified atom stereocenters. The van der Waals surface area contributed by atoms with Crippen molar-refractivity contribution in [2.24, 2.45) is 5.92 Å². The Balaban J connectivity index is 1.82. The number of aromatic nitrogens is 2. The summed E-state index contributed by atoms with van der Waals surface area (Å²) in [5.74, 6) is -0.0778. The molecule has 25 heavy (non-hydrogen) atoms. The third kappa shape index (κ3) is 3.45. The fourth-order valence-electron chi connectivity index (χ4n) is 3.50. The molecule has 5 heteroatoms. The van der Waals surface area contributed by atoms with Crippen LogP contribution in [0.4, 0.5) is 0 Å². The Labute approximate surface area is 148 Å². The van der Waals surface area contributed by atoms with Gasteiger partial charge in [0.05, 0.1) is 12.4 Å². The lowest BCUT2D eigenvalue weighted by atomic mass is 9.88. The second-order valence-electron chi connectivity index (χ2n) is 6.61. The van der Waals surface area contributed by atoms with Crippen molar-refractivity contribution in [3.63, 3.8) is 0 Å². The quantitative estimate of drug-likeness (QED) is 0.840. The van der Waals surface area contributed by atoms with Gasteiger partial charge in [-0.25, -0.2) is 4.98 Å². The average Bonchev–Trinajstić information content (AvgIpc) is 3.24. The second kappa shape index (κ2) is 7.55. The third-order valence-electron chi connectivity index (χ3n) is 4.99. The van der Waals surface area contributed by atoms with Crippen LogP contribution in [0, 0.1) is 5.92 Å². The Hall–Kier alpha value is -2.56. The number of aryl methyl sites for hydroxylation is 1. The highest BCUT2D eigenvalue weighted by molar-refractivity contribution is 6.05. The van der Waals surface area contributed by atoms with Crippen molar-refractivity contribution in [3.05, 3.63) is 60.4 Å². The number of rotatable bonds is 7. The molecule has 2 aromatic rings. The Morgan fingerprint density at radius 1 is 1.24 bits per heavy atom. The molecule has 0 saturated heterocycles. The molecule has 0 radical (unpaired) electrons. The van der Waals surface area contributed by atoms with Crippen LogP contribution < -0.4 is 0 Å². The van der Waals surface area contributed by atoms with Crippen LogP contribution >= 0.6 is 0 Å². The Bertz CT molecular complexity index is 738. The fourth-order valence-corrected chi connectivity index (χ4v) is 3.50. The van der Waals surface area contributed by atoms with Gasteiger partial charge in [-0.2, -0.15) is 0 Å². The van der Waals surface area contributed by atoms with Gasteiger partial charge in [0.2, 0.25) is 0 Å². The molecule has 1 aromatic carbocycles. The van der Waals surface area contributed by atoms with Crippen molar-refractivity contribution in [1.82, 2.24) is 14.5 Å². The molecule has 0 spiro atoms. The smallest absolute Gasteiger partial charge is 0.289 e. The summed E-state index contributed by atoms with van der Waals surface area (Å²) in [6.07, 6.45) is 7.22. The highest BCUT2D eigenvalue weighted by Gasteiger charge is 2.41. The van der Waals surface area contributed by atoms with E-state index in [4.69, 9.17) is 0 Å². The normalized spacial score (nSPS) is 18.9. The van der Waals surface area contributed by atoms with Gasteiger partial charge in [-0.1, -0.05) is 50.6 Å². The molecule has 1 amide bonds. The molecule has 2 heterocycles. The van der Waals surface area contributed by atoms with Crippen molar-refractivity contribution in [1.29, 1.82) is 0 Å². The standard InChI is InChI=1S/C20H25N3O2/c1-3-15(2)18-17(16-8-5-4-6-9-16)19(24)20(25)23(18)12-7-11-22-13-10-21-14-22/h4-6,8-10,13-15,18,24H,3,7,11-12H2,1-2H3. The summed E-state index contributed by atoms with van der Waals surface area (Å²) >= 11 is 0. The summed E-state index contributed by atoms with van der Waals surface area (Å²) in [6, 6.07) is 9.67. The van der Waals surface area contributed by atoms with E-state index in [-0.39, 0.29) is 23.6 Å². The number of carbonyl (C=O) groups excluding carboxylic acids is 1. The topological polar surface area (TPSA) is 58.4 Å². The van der Waals surface area contributed by atoms with Crippen LogP contribution in [-0.2, 0) is 11.3 Å². The number of aliphatic hydroxyl groups is 1. The van der Waals surface area contributed by atoms with Gasteiger partial charge in [-0.15, -0.1) is 0 Å². The second-order valence-corrected chi connectivity index (χ2v) is 6.61. The summed E-state index contributed by atoms with van der Waals surface area (Å²) in [6.45, 7) is 5.68. The van der Waals surface area contributed by atoms with E-state index in [9.17, 15) is 9.90 Å². The lowest BCUT2D eigenvalue weighted by Crippen LogP contribution is -2.40. The van der Waals surface area contributed by atoms with E-state index in [1.807, 2.05) is 46.0 Å². The lowest BCUT2D eigenvalue weighted by molar-refractivity contribution is -0.130. The van der Waals surface area contributed by atoms with Crippen LogP contribution in [-0.4, -0.2) is 38.1 Å². The molecule has 1 aromatic heterocycles. The van der Waals surface area contributed by atoms with Crippen LogP contribution in [0.2, 0.25) is 0 Å². The fraction of sp³-hybridized carbons (Fsp3) is 0.400. The van der Waals surface area contributed by atoms with Crippen LogP contribution in [0.5, 0.6) is 0 Å². The molecule has 1 aliphatic rings. The SMILES string of the molecule is CCC(C)C1C(c2ccccc2)=C(O)C(=O)N1CCCn1ccnc1. The number of hydrogen-bond acceptors (Lipinski definition) is 3. The monoisotopic (exact) mass is 339 g/mol. The van der Waals surface area contributed by atoms with Crippen molar-refractivity contribution >= 4 is 11.5 Å². The summed E-state index contributed by atoms with van der Waals surface area (Å²) in [5.41, 5.74) is 1.69. The molecule has 2 atom stereocenters. The average molecular weight is 339 g/mol. The van der Waals surface area contributed by atoms with Gasteiger partial charge in [-0.3, -0.25) is 4.79 Å². The predicted molar refractivity (Wildman–Crippen MR) is 97.8 cm³/mol. The molecule has 132 valence electrons. The highest BCUT2D eigenvalue weighted by atomic mass is 16.3. The van der Waals surface area contributed by atoms with Crippen molar-refractivity contribution < 1.29 is 9.90 Å². The van der Waals surface area contributed by atoms with E-state index in [1.54, 1.807) is 12.5 Å². The lowest BCUT2D eigenvalue weighted by Gasteiger charge is -2.31. The summed E-state index contributed by atoms with van der Waals surface area (Å²) < 4.78 is 2.00. The van der Waals surface area contributed by atoms with Crippen LogP contribution in [0.25, 0.3) is 5.57 Å². The van der Waals surface area contributed by atoms with E-state index in [2.05, 4.69) is 18.8 Å². The zero-order chi connectivity index (χ0) is 17.8. The largest absolute Gasteiger partial charge is 0.503 e. The first-order valence-corrected chi connectivity index (χ1v) is 8.88. The number of amides is 1. The van der Waals surface area contributed by atoms with Crippen molar-refractivity contribution in [2.45, 2.75) is 39.3 Å². The van der Waals surface area contributed by atoms with E-state index in [0.717, 1.165) is 30.5 Å². The van der Waals surface area contributed by atoms with Gasteiger partial charge >= 0.3 is 0 Å². The predicted octanol–water partition coefficient (Wildman–Crippen LogP) is 3.50. The number of hydrogen-bond donors (Lipinski definition) is 1. The van der Waals surface area contributed by atoms with Gasteiger partial charge in [0.25, 0.3) is 5.91 Å². The third-order valence-corrected chi connectivity index (χ3v) is 4.99. The zero-order valence-electron chi connectivity index (χ0n) is 14.8. The number of nitrogens with zero attached hydrogens (tertiary/aromatic N) is 3. The molecule has 5 nitrogen and oxygen atoms in total. The van der Waals surface area contributed by atoms with Gasteiger partial charge < -0.3 is 14.6 Å². The van der Waals surface area contributed by atoms with E-state index in [0.29, 0.717) is 6.54 Å². The summed E-state index contributed by atoms with van der Waals surface area (Å²) in [7, 11) is 0. The van der Waals surface area contributed by atoms with Crippen LogP contribution in [0.15, 0.2) is 54.8 Å². The molecular weight excluding hydrogens is 314 g/mol. The molecule has 0 bridgehead atoms. The first-order valence-electron chi connectivity index (χ1n) is 8.88. The minimum Gasteiger partial charge on any atom is -0.503 e. The highest BCUT2D eigenvalue weighted by Crippen LogP contribution is 2.37. The Morgan fingerprint density at radius 2 is 2.00 bits per heavy atom. The molecular formula is C20H25N3O2.